The molecule has 30 heavy (non-hydrogen) atoms. The summed E-state index contributed by atoms with van der Waals surface area (Å²) in [5.41, 5.74) is 2.01. The van der Waals surface area contributed by atoms with Gasteiger partial charge in [-0.05, 0) is 67.3 Å². The van der Waals surface area contributed by atoms with E-state index in [1.807, 2.05) is 12.4 Å². The first-order valence-electron chi connectivity index (χ1n) is 11.5. The van der Waals surface area contributed by atoms with Gasteiger partial charge in [-0.2, -0.15) is 8.78 Å². The second-order valence-electron chi connectivity index (χ2n) is 8.52. The number of alkyl halides is 2. The molecule has 1 saturated carbocycles. The zero-order valence-electron chi connectivity index (χ0n) is 18.0. The number of ether oxygens (including phenoxy) is 1. The Kier molecular flexibility index (Phi) is 9.03. The number of hydrogen-bond acceptors (Lipinski definition) is 3. The van der Waals surface area contributed by atoms with E-state index in [4.69, 9.17) is 0 Å². The molecule has 1 aromatic heterocycles. The third kappa shape index (κ3) is 7.03. The van der Waals surface area contributed by atoms with Gasteiger partial charge in [0.25, 0.3) is 0 Å². The number of nitrogens with zero attached hydrogens (tertiary/aromatic N) is 2. The molecule has 5 heteroatoms. The fraction of sp³-hybridized carbons (Fsp3) is 0.600. The van der Waals surface area contributed by atoms with Crippen molar-refractivity contribution in [2.45, 2.75) is 90.1 Å². The lowest BCUT2D eigenvalue weighted by atomic mass is 9.77. The van der Waals surface area contributed by atoms with Crippen LogP contribution in [0.25, 0.3) is 11.4 Å². The van der Waals surface area contributed by atoms with Gasteiger partial charge in [-0.15, -0.1) is 0 Å². The first-order valence-corrected chi connectivity index (χ1v) is 11.5. The van der Waals surface area contributed by atoms with Crippen LogP contribution >= 0.6 is 0 Å². The minimum absolute atomic E-state index is 0.142. The molecule has 0 amide bonds. The number of halogens is 2. The van der Waals surface area contributed by atoms with Crippen LogP contribution in [-0.4, -0.2) is 16.6 Å². The molecule has 1 heterocycles. The highest BCUT2D eigenvalue weighted by Crippen LogP contribution is 2.37. The summed E-state index contributed by atoms with van der Waals surface area (Å²) < 4.78 is 28.9. The summed E-state index contributed by atoms with van der Waals surface area (Å²) >= 11 is 0. The van der Waals surface area contributed by atoms with E-state index in [9.17, 15) is 8.78 Å². The van der Waals surface area contributed by atoms with Gasteiger partial charge in [0.2, 0.25) is 0 Å². The average Bonchev–Trinajstić information content (AvgIpc) is 2.77. The van der Waals surface area contributed by atoms with Gasteiger partial charge in [0.15, 0.2) is 5.82 Å². The van der Waals surface area contributed by atoms with Crippen molar-refractivity contribution in [3.63, 3.8) is 0 Å². The van der Waals surface area contributed by atoms with E-state index in [1.54, 1.807) is 12.1 Å². The predicted molar refractivity (Wildman–Crippen MR) is 117 cm³/mol. The maximum absolute atomic E-state index is 12.3. The Labute approximate surface area is 179 Å². The summed E-state index contributed by atoms with van der Waals surface area (Å²) in [6.45, 7) is -0.546. The quantitative estimate of drug-likeness (QED) is 0.351. The molecule has 0 aliphatic heterocycles. The smallest absolute Gasteiger partial charge is 0.387 e. The van der Waals surface area contributed by atoms with Crippen molar-refractivity contribution in [1.82, 2.24) is 9.97 Å². The van der Waals surface area contributed by atoms with Crippen LogP contribution in [0, 0.1) is 5.92 Å². The van der Waals surface area contributed by atoms with Crippen LogP contribution in [0.1, 0.15) is 89.0 Å². The molecule has 0 spiro atoms. The molecule has 164 valence electrons. The van der Waals surface area contributed by atoms with Gasteiger partial charge in [0.05, 0.1) is 0 Å². The van der Waals surface area contributed by atoms with Gasteiger partial charge < -0.3 is 4.74 Å². The summed E-state index contributed by atoms with van der Waals surface area (Å²) in [4.78, 5) is 9.04. The Hall–Kier alpha value is -2.04. The van der Waals surface area contributed by atoms with Crippen molar-refractivity contribution >= 4 is 0 Å². The highest BCUT2D eigenvalue weighted by molar-refractivity contribution is 5.56. The molecule has 0 radical (unpaired) electrons. The number of hydrogen-bond donors (Lipinski definition) is 0. The van der Waals surface area contributed by atoms with Gasteiger partial charge >= 0.3 is 6.61 Å². The monoisotopic (exact) mass is 416 g/mol. The Balaban J connectivity index is 1.43. The zero-order valence-corrected chi connectivity index (χ0v) is 18.0. The fourth-order valence-electron chi connectivity index (χ4n) is 4.48. The Morgan fingerprint density at radius 3 is 2.17 bits per heavy atom. The first kappa shape index (κ1) is 22.6. The predicted octanol–water partition coefficient (Wildman–Crippen LogP) is 7.77. The van der Waals surface area contributed by atoms with E-state index in [0.717, 1.165) is 11.5 Å². The Morgan fingerprint density at radius 2 is 1.53 bits per heavy atom. The normalized spacial score (nSPS) is 19.2. The second kappa shape index (κ2) is 12.0. The number of benzene rings is 1. The number of unbranched alkanes of at least 4 members (excludes halogenated alkanes) is 5. The first-order chi connectivity index (χ1) is 14.7. The van der Waals surface area contributed by atoms with Crippen LogP contribution in [0.3, 0.4) is 0 Å². The summed E-state index contributed by atoms with van der Waals surface area (Å²) in [6, 6.07) is 6.45. The van der Waals surface area contributed by atoms with E-state index < -0.39 is 6.61 Å². The molecule has 0 saturated heterocycles. The van der Waals surface area contributed by atoms with Crippen LogP contribution in [-0.2, 0) is 0 Å². The lowest BCUT2D eigenvalue weighted by molar-refractivity contribution is -0.0498. The van der Waals surface area contributed by atoms with Crippen LogP contribution in [0.5, 0.6) is 5.75 Å². The van der Waals surface area contributed by atoms with Crippen molar-refractivity contribution in [3.8, 4) is 17.1 Å². The van der Waals surface area contributed by atoms with Crippen molar-refractivity contribution in [2.75, 3.05) is 0 Å². The summed E-state index contributed by atoms with van der Waals surface area (Å²) in [5, 5.41) is 0. The van der Waals surface area contributed by atoms with Gasteiger partial charge in [-0.25, -0.2) is 9.97 Å². The Morgan fingerprint density at radius 1 is 0.900 bits per heavy atom. The topological polar surface area (TPSA) is 35.0 Å². The van der Waals surface area contributed by atoms with E-state index in [2.05, 4.69) is 21.6 Å². The van der Waals surface area contributed by atoms with Crippen molar-refractivity contribution in [3.05, 3.63) is 42.2 Å². The van der Waals surface area contributed by atoms with Gasteiger partial charge in [-0.1, -0.05) is 51.9 Å². The standard InChI is InChI=1S/C25H34F2N2O/c1-2-3-4-5-6-7-8-19-9-11-20(12-10-19)22-17-28-24(29-18-22)21-13-15-23(16-14-21)30-25(26)27/h13-20,25H,2-12H2,1H3. The summed E-state index contributed by atoms with van der Waals surface area (Å²) in [7, 11) is 0. The molecule has 1 aromatic carbocycles. The van der Waals surface area contributed by atoms with Gasteiger partial charge in [0, 0.05) is 18.0 Å². The highest BCUT2D eigenvalue weighted by Gasteiger charge is 2.22. The minimum atomic E-state index is -2.81. The molecule has 0 atom stereocenters. The third-order valence-corrected chi connectivity index (χ3v) is 6.29. The van der Waals surface area contributed by atoms with Crippen LogP contribution in [0.4, 0.5) is 8.78 Å². The molecule has 1 aliphatic carbocycles. The largest absolute Gasteiger partial charge is 0.435 e. The summed E-state index contributed by atoms with van der Waals surface area (Å²) in [6.07, 6.45) is 18.6. The number of aromatic nitrogens is 2. The van der Waals surface area contributed by atoms with Crippen molar-refractivity contribution < 1.29 is 13.5 Å². The van der Waals surface area contributed by atoms with E-state index in [1.165, 1.54) is 88.3 Å². The molecule has 3 nitrogen and oxygen atoms in total. The average molecular weight is 417 g/mol. The van der Waals surface area contributed by atoms with Crippen molar-refractivity contribution in [1.29, 1.82) is 0 Å². The maximum atomic E-state index is 12.3. The maximum Gasteiger partial charge on any atom is 0.387 e. The molecular weight excluding hydrogens is 382 g/mol. The van der Waals surface area contributed by atoms with Crippen LogP contribution in [0.15, 0.2) is 36.7 Å². The van der Waals surface area contributed by atoms with E-state index in [-0.39, 0.29) is 5.75 Å². The van der Waals surface area contributed by atoms with Crippen LogP contribution in [0.2, 0.25) is 0 Å². The third-order valence-electron chi connectivity index (χ3n) is 6.29. The van der Waals surface area contributed by atoms with Gasteiger partial charge in [-0.3, -0.25) is 0 Å². The summed E-state index contributed by atoms with van der Waals surface area (Å²) in [5.74, 6) is 2.20. The second-order valence-corrected chi connectivity index (χ2v) is 8.52. The highest BCUT2D eigenvalue weighted by atomic mass is 19.3. The SMILES string of the molecule is CCCCCCCCC1CCC(c2cnc(-c3ccc(OC(F)F)cc3)nc2)CC1. The molecule has 1 fully saturated rings. The molecule has 0 unspecified atom stereocenters. The zero-order chi connectivity index (χ0) is 21.2. The van der Waals surface area contributed by atoms with Crippen LogP contribution < -0.4 is 4.74 Å². The number of rotatable bonds is 11. The minimum Gasteiger partial charge on any atom is -0.435 e. The Bertz CT molecular complexity index is 726. The molecule has 0 N–H and O–H groups in total. The molecular formula is C25H34F2N2O. The van der Waals surface area contributed by atoms with E-state index >= 15 is 0 Å². The van der Waals surface area contributed by atoms with E-state index in [0.29, 0.717) is 11.7 Å². The lowest BCUT2D eigenvalue weighted by Crippen LogP contribution is -2.14. The van der Waals surface area contributed by atoms with Crippen molar-refractivity contribution in [2.24, 2.45) is 5.92 Å². The van der Waals surface area contributed by atoms with Gasteiger partial charge in [0.1, 0.15) is 5.75 Å². The lowest BCUT2D eigenvalue weighted by Gasteiger charge is -2.28. The molecule has 0 bridgehead atoms. The fourth-order valence-corrected chi connectivity index (χ4v) is 4.48. The molecule has 1 aliphatic rings. The molecule has 2 aromatic rings. The molecule has 3 rings (SSSR count).